The van der Waals surface area contributed by atoms with Gasteiger partial charge in [0, 0.05) is 31.9 Å². The summed E-state index contributed by atoms with van der Waals surface area (Å²) < 4.78 is 12.2. The number of aromatic nitrogens is 1. The van der Waals surface area contributed by atoms with Crippen LogP contribution in [0.25, 0.3) is 0 Å². The number of carbonyl (C=O) groups is 1. The number of benzene rings is 1. The van der Waals surface area contributed by atoms with Crippen LogP contribution < -0.4 is 4.74 Å². The van der Waals surface area contributed by atoms with Crippen LogP contribution in [0.1, 0.15) is 24.0 Å². The van der Waals surface area contributed by atoms with Gasteiger partial charge in [0.05, 0.1) is 19.7 Å². The Morgan fingerprint density at radius 2 is 2.13 bits per heavy atom. The fourth-order valence-electron chi connectivity index (χ4n) is 4.95. The normalized spacial score (nSPS) is 24.4. The summed E-state index contributed by atoms with van der Waals surface area (Å²) >= 11 is 0. The molecule has 3 aliphatic heterocycles. The molecule has 6 heteroatoms. The Morgan fingerprint density at radius 3 is 2.87 bits per heavy atom. The van der Waals surface area contributed by atoms with Gasteiger partial charge in [-0.25, -0.2) is 0 Å². The summed E-state index contributed by atoms with van der Waals surface area (Å²) in [6, 6.07) is 12.0. The average Bonchev–Trinajstić information content (AvgIpc) is 3.17. The van der Waals surface area contributed by atoms with Gasteiger partial charge >= 0.3 is 0 Å². The van der Waals surface area contributed by atoms with Gasteiger partial charge in [-0.05, 0) is 49.1 Å². The third kappa shape index (κ3) is 3.94. The number of fused-ring (bicyclic) bond motifs is 1. The minimum absolute atomic E-state index is 0.0961. The number of carbonyl (C=O) groups excluding carboxylic acids is 1. The topological polar surface area (TPSA) is 54.9 Å². The molecule has 0 radical (unpaired) electrons. The van der Waals surface area contributed by atoms with E-state index in [2.05, 4.69) is 23.0 Å². The molecular formula is C24H29N3O3. The van der Waals surface area contributed by atoms with Gasteiger partial charge in [-0.3, -0.25) is 9.78 Å². The summed E-state index contributed by atoms with van der Waals surface area (Å²) in [4.78, 5) is 21.3. The van der Waals surface area contributed by atoms with E-state index >= 15 is 0 Å². The molecule has 2 aromatic rings. The summed E-state index contributed by atoms with van der Waals surface area (Å²) in [5.41, 5.74) is 2.22. The Kier molecular flexibility index (Phi) is 5.21. The van der Waals surface area contributed by atoms with Crippen molar-refractivity contribution in [3.8, 4) is 5.75 Å². The van der Waals surface area contributed by atoms with Crippen molar-refractivity contribution < 1.29 is 14.3 Å². The monoisotopic (exact) mass is 407 g/mol. The first kappa shape index (κ1) is 19.5. The van der Waals surface area contributed by atoms with Crippen molar-refractivity contribution >= 4 is 5.91 Å². The van der Waals surface area contributed by atoms with Crippen molar-refractivity contribution in [2.75, 3.05) is 33.3 Å². The molecule has 0 saturated carbocycles. The first-order valence-electron chi connectivity index (χ1n) is 10.8. The molecule has 2 atom stereocenters. The SMILES string of the molecule is CN(Cc1cccnc1)C[C@@H]1CCC2(CN(C(=O)[C@H]3Cc4ccccc4O3)C2)OC1. The van der Waals surface area contributed by atoms with Gasteiger partial charge < -0.3 is 19.3 Å². The lowest BCUT2D eigenvalue weighted by Gasteiger charge is -2.53. The van der Waals surface area contributed by atoms with E-state index in [-0.39, 0.29) is 17.6 Å². The fraction of sp³-hybridized carbons (Fsp3) is 0.500. The molecule has 5 rings (SSSR count). The molecule has 1 aromatic heterocycles. The summed E-state index contributed by atoms with van der Waals surface area (Å²) in [6.07, 6.45) is 6.19. The number of hydrogen-bond acceptors (Lipinski definition) is 5. The highest BCUT2D eigenvalue weighted by atomic mass is 16.5. The van der Waals surface area contributed by atoms with E-state index in [1.54, 1.807) is 0 Å². The van der Waals surface area contributed by atoms with Crippen LogP contribution in [0.5, 0.6) is 5.75 Å². The number of pyridine rings is 1. The van der Waals surface area contributed by atoms with E-state index in [1.807, 2.05) is 47.6 Å². The van der Waals surface area contributed by atoms with Crippen LogP contribution in [0.2, 0.25) is 0 Å². The molecule has 0 N–H and O–H groups in total. The number of amides is 1. The smallest absolute Gasteiger partial charge is 0.264 e. The summed E-state index contributed by atoms with van der Waals surface area (Å²) in [5, 5.41) is 0. The van der Waals surface area contributed by atoms with Crippen LogP contribution in [0.3, 0.4) is 0 Å². The van der Waals surface area contributed by atoms with E-state index in [9.17, 15) is 4.79 Å². The molecule has 0 aliphatic carbocycles. The standard InChI is InChI=1S/C24H29N3O3/c1-26(13-18-5-4-10-25-12-18)14-19-8-9-24(29-15-19)16-27(17-24)23(28)22-11-20-6-2-3-7-21(20)30-22/h2-7,10,12,19,22H,8-9,11,13-17H2,1H3/t19-,22+/m0/s1. The zero-order chi connectivity index (χ0) is 20.6. The van der Waals surface area contributed by atoms with E-state index in [1.165, 1.54) is 5.56 Å². The van der Waals surface area contributed by atoms with Gasteiger partial charge in [0.1, 0.15) is 11.4 Å². The number of para-hydroxylation sites is 1. The minimum atomic E-state index is -0.378. The Labute approximate surface area is 177 Å². The molecule has 158 valence electrons. The number of ether oxygens (including phenoxy) is 2. The van der Waals surface area contributed by atoms with Gasteiger partial charge in [-0.1, -0.05) is 24.3 Å². The van der Waals surface area contributed by atoms with Gasteiger partial charge in [-0.15, -0.1) is 0 Å². The van der Waals surface area contributed by atoms with E-state index in [0.29, 0.717) is 25.4 Å². The first-order valence-corrected chi connectivity index (χ1v) is 10.8. The average molecular weight is 408 g/mol. The molecule has 6 nitrogen and oxygen atoms in total. The molecule has 2 saturated heterocycles. The molecule has 4 heterocycles. The number of hydrogen-bond donors (Lipinski definition) is 0. The van der Waals surface area contributed by atoms with Crippen LogP contribution in [-0.4, -0.2) is 65.7 Å². The van der Waals surface area contributed by atoms with Crippen LogP contribution in [0.15, 0.2) is 48.8 Å². The highest BCUT2D eigenvalue weighted by molar-refractivity contribution is 5.83. The van der Waals surface area contributed by atoms with Crippen LogP contribution in [-0.2, 0) is 22.5 Å². The minimum Gasteiger partial charge on any atom is -0.480 e. The molecule has 30 heavy (non-hydrogen) atoms. The molecule has 1 amide bonds. The van der Waals surface area contributed by atoms with E-state index in [0.717, 1.165) is 43.9 Å². The summed E-state index contributed by atoms with van der Waals surface area (Å²) in [6.45, 7) is 4.08. The molecule has 0 unspecified atom stereocenters. The Morgan fingerprint density at radius 1 is 1.27 bits per heavy atom. The van der Waals surface area contributed by atoms with E-state index < -0.39 is 0 Å². The third-order valence-corrected chi connectivity index (χ3v) is 6.57. The predicted molar refractivity (Wildman–Crippen MR) is 113 cm³/mol. The summed E-state index contributed by atoms with van der Waals surface area (Å²) in [7, 11) is 2.15. The lowest BCUT2D eigenvalue weighted by atomic mass is 9.82. The summed E-state index contributed by atoms with van der Waals surface area (Å²) in [5.74, 6) is 1.48. The van der Waals surface area contributed by atoms with Crippen molar-refractivity contribution in [2.45, 2.75) is 37.5 Å². The molecule has 1 spiro atoms. The molecule has 1 aromatic carbocycles. The molecule has 3 aliphatic rings. The second kappa shape index (κ2) is 8.00. The highest BCUT2D eigenvalue weighted by Crippen LogP contribution is 2.38. The van der Waals surface area contributed by atoms with Crippen molar-refractivity contribution in [1.82, 2.24) is 14.8 Å². The fourth-order valence-corrected chi connectivity index (χ4v) is 4.95. The van der Waals surface area contributed by atoms with Crippen LogP contribution in [0.4, 0.5) is 0 Å². The van der Waals surface area contributed by atoms with Crippen LogP contribution in [0, 0.1) is 5.92 Å². The van der Waals surface area contributed by atoms with Gasteiger partial charge in [0.25, 0.3) is 5.91 Å². The molecule has 2 fully saturated rings. The second-order valence-electron chi connectivity index (χ2n) is 9.07. The lowest BCUT2D eigenvalue weighted by Crippen LogP contribution is -2.68. The molecular weight excluding hydrogens is 378 g/mol. The number of likely N-dealkylation sites (tertiary alicyclic amines) is 1. The van der Waals surface area contributed by atoms with Crippen molar-refractivity contribution in [2.24, 2.45) is 5.92 Å². The zero-order valence-corrected chi connectivity index (χ0v) is 17.5. The van der Waals surface area contributed by atoms with Crippen molar-refractivity contribution in [3.63, 3.8) is 0 Å². The maximum Gasteiger partial charge on any atom is 0.264 e. The third-order valence-electron chi connectivity index (χ3n) is 6.57. The largest absolute Gasteiger partial charge is 0.480 e. The van der Waals surface area contributed by atoms with Gasteiger partial charge in [0.2, 0.25) is 0 Å². The maximum atomic E-state index is 12.8. The maximum absolute atomic E-state index is 12.8. The quantitative estimate of drug-likeness (QED) is 0.762. The van der Waals surface area contributed by atoms with Gasteiger partial charge in [-0.2, -0.15) is 0 Å². The zero-order valence-electron chi connectivity index (χ0n) is 17.5. The highest BCUT2D eigenvalue weighted by Gasteiger charge is 2.50. The number of nitrogens with zero attached hydrogens (tertiary/aromatic N) is 3. The molecule has 0 bridgehead atoms. The van der Waals surface area contributed by atoms with Crippen molar-refractivity contribution in [1.29, 1.82) is 0 Å². The number of rotatable bonds is 5. The Bertz CT molecular complexity index is 863. The Hall–Kier alpha value is -2.44. The van der Waals surface area contributed by atoms with E-state index in [4.69, 9.17) is 9.47 Å². The Balaban J connectivity index is 1.07. The first-order chi connectivity index (χ1) is 14.6. The predicted octanol–water partition coefficient (Wildman–Crippen LogP) is 2.52. The van der Waals surface area contributed by atoms with Gasteiger partial charge in [0.15, 0.2) is 6.10 Å². The van der Waals surface area contributed by atoms with Crippen LogP contribution >= 0.6 is 0 Å². The second-order valence-corrected chi connectivity index (χ2v) is 9.07. The lowest BCUT2D eigenvalue weighted by molar-refractivity contribution is -0.193. The van der Waals surface area contributed by atoms with Crippen molar-refractivity contribution in [3.05, 3.63) is 59.9 Å².